The second-order valence-corrected chi connectivity index (χ2v) is 12.6. The van der Waals surface area contributed by atoms with Gasteiger partial charge < -0.3 is 15.0 Å². The fourth-order valence-corrected chi connectivity index (χ4v) is 6.61. The van der Waals surface area contributed by atoms with Crippen molar-refractivity contribution in [2.75, 3.05) is 25.0 Å². The second-order valence-electron chi connectivity index (χ2n) is 11.5. The van der Waals surface area contributed by atoms with E-state index in [1.54, 1.807) is 17.6 Å². The van der Waals surface area contributed by atoms with E-state index in [1.807, 2.05) is 59.5 Å². The van der Waals surface area contributed by atoms with Crippen molar-refractivity contribution in [1.29, 1.82) is 0 Å². The zero-order valence-corrected chi connectivity index (χ0v) is 23.9. The Morgan fingerprint density at radius 3 is 2.49 bits per heavy atom. The normalized spacial score (nSPS) is 17.3. The number of amides is 2. The second kappa shape index (κ2) is 11.7. The summed E-state index contributed by atoms with van der Waals surface area (Å²) in [5, 5.41) is 3.82. The van der Waals surface area contributed by atoms with Crippen LogP contribution in [-0.2, 0) is 17.6 Å². The van der Waals surface area contributed by atoms with Gasteiger partial charge >= 0.3 is 0 Å². The molecule has 0 radical (unpaired) electrons. The molecule has 1 atom stereocenters. The summed E-state index contributed by atoms with van der Waals surface area (Å²) in [6.45, 7) is 8.61. The first-order chi connectivity index (χ1) is 18.8. The molecule has 7 heteroatoms. The van der Waals surface area contributed by atoms with Gasteiger partial charge in [0, 0.05) is 29.9 Å². The minimum atomic E-state index is -0.105. The number of rotatable bonds is 7. The predicted octanol–water partition coefficient (Wildman–Crippen LogP) is 6.90. The van der Waals surface area contributed by atoms with Gasteiger partial charge in [-0.05, 0) is 91.0 Å². The monoisotopic (exact) mass is 543 g/mol. The average molecular weight is 544 g/mol. The van der Waals surface area contributed by atoms with E-state index in [0.717, 1.165) is 67.0 Å². The zero-order chi connectivity index (χ0) is 27.4. The highest BCUT2D eigenvalue weighted by molar-refractivity contribution is 7.16. The Bertz CT molecular complexity index is 1330. The lowest BCUT2D eigenvalue weighted by molar-refractivity contribution is -0.132. The van der Waals surface area contributed by atoms with Crippen molar-refractivity contribution in [3.05, 3.63) is 76.2 Å². The van der Waals surface area contributed by atoms with Crippen molar-refractivity contribution in [1.82, 2.24) is 4.90 Å². The van der Waals surface area contributed by atoms with Gasteiger partial charge in [0.2, 0.25) is 0 Å². The van der Waals surface area contributed by atoms with Crippen molar-refractivity contribution in [3.63, 3.8) is 0 Å². The highest BCUT2D eigenvalue weighted by Crippen LogP contribution is 2.45. The van der Waals surface area contributed by atoms with Crippen LogP contribution in [0.1, 0.15) is 66.4 Å². The van der Waals surface area contributed by atoms with E-state index in [0.29, 0.717) is 17.2 Å². The molecule has 2 heterocycles. The molecule has 0 bridgehead atoms. The Kier molecular flexibility index (Phi) is 8.17. The van der Waals surface area contributed by atoms with E-state index < -0.39 is 0 Å². The van der Waals surface area contributed by atoms with Crippen LogP contribution in [0.3, 0.4) is 0 Å². The number of nitrogens with zero attached hydrogens (tertiary/aromatic N) is 2. The highest BCUT2D eigenvalue weighted by Gasteiger charge is 2.33. The van der Waals surface area contributed by atoms with E-state index in [4.69, 9.17) is 9.73 Å². The molecule has 1 fully saturated rings. The number of carbonyl (C=O) groups excluding carboxylic acids is 2. The fraction of sp³-hybridized carbons (Fsp3) is 0.406. The summed E-state index contributed by atoms with van der Waals surface area (Å²) in [6.07, 6.45) is 6.89. The summed E-state index contributed by atoms with van der Waals surface area (Å²) in [5.41, 5.74) is 3.75. The standard InChI is InChI=1S/C32H37N3O3S/c1-32(2,3)23-13-16-26-27(19-23)39-31(29(26)30(37)34-24-9-5-4-6-10-24)33-20-22-11-14-25(15-12-22)38-21-28(36)35-17-7-8-18-35/h4-6,9-12,14-15,20,23H,7-8,13,16-19,21H2,1-3H3,(H,34,37)/t23-/m1/s1. The van der Waals surface area contributed by atoms with Crippen LogP contribution < -0.4 is 10.1 Å². The SMILES string of the molecule is CC(C)(C)[C@@H]1CCc2c(sc(N=Cc3ccc(OCC(=O)N4CCCC4)cc3)c2C(=O)Nc2ccccc2)C1. The van der Waals surface area contributed by atoms with Gasteiger partial charge in [0.05, 0.1) is 5.56 Å². The van der Waals surface area contributed by atoms with Crippen molar-refractivity contribution in [2.24, 2.45) is 16.3 Å². The molecule has 0 unspecified atom stereocenters. The quantitative estimate of drug-likeness (QED) is 0.330. The van der Waals surface area contributed by atoms with Gasteiger partial charge in [-0.15, -0.1) is 11.3 Å². The summed E-state index contributed by atoms with van der Waals surface area (Å²) in [4.78, 5) is 33.7. The van der Waals surface area contributed by atoms with Crippen LogP contribution in [0.25, 0.3) is 0 Å². The van der Waals surface area contributed by atoms with E-state index >= 15 is 0 Å². The van der Waals surface area contributed by atoms with E-state index in [-0.39, 0.29) is 23.8 Å². The maximum atomic E-state index is 13.5. The Morgan fingerprint density at radius 1 is 1.08 bits per heavy atom. The van der Waals surface area contributed by atoms with Crippen LogP contribution in [0, 0.1) is 11.3 Å². The zero-order valence-electron chi connectivity index (χ0n) is 23.0. The first kappa shape index (κ1) is 27.1. The summed E-state index contributed by atoms with van der Waals surface area (Å²) in [5.74, 6) is 1.17. The number of benzene rings is 2. The lowest BCUT2D eigenvalue weighted by atomic mass is 9.72. The largest absolute Gasteiger partial charge is 0.484 e. The molecule has 1 aliphatic carbocycles. The predicted molar refractivity (Wildman–Crippen MR) is 159 cm³/mol. The molecule has 1 N–H and O–H groups in total. The Labute approximate surface area is 235 Å². The van der Waals surface area contributed by atoms with Crippen LogP contribution in [0.5, 0.6) is 5.75 Å². The van der Waals surface area contributed by atoms with Gasteiger partial charge in [0.15, 0.2) is 6.61 Å². The van der Waals surface area contributed by atoms with Gasteiger partial charge in [-0.25, -0.2) is 4.99 Å². The molecular formula is C32H37N3O3S. The maximum Gasteiger partial charge on any atom is 0.260 e. The molecule has 2 aliphatic rings. The number of ether oxygens (including phenoxy) is 1. The number of carbonyl (C=O) groups is 2. The topological polar surface area (TPSA) is 71.0 Å². The average Bonchev–Trinajstić information content (AvgIpc) is 3.59. The third kappa shape index (κ3) is 6.59. The van der Waals surface area contributed by atoms with Crippen LogP contribution in [-0.4, -0.2) is 42.6 Å². The minimum Gasteiger partial charge on any atom is -0.484 e. The van der Waals surface area contributed by atoms with Gasteiger partial charge in [0.25, 0.3) is 11.8 Å². The number of aliphatic imine (C=N–C) groups is 1. The number of thiophene rings is 1. The molecule has 3 aromatic rings. The fourth-order valence-electron chi connectivity index (χ4n) is 5.34. The smallest absolute Gasteiger partial charge is 0.260 e. The van der Waals surface area contributed by atoms with E-state index in [1.165, 1.54) is 4.88 Å². The maximum absolute atomic E-state index is 13.5. The Morgan fingerprint density at radius 2 is 1.79 bits per heavy atom. The summed E-state index contributed by atoms with van der Waals surface area (Å²) < 4.78 is 5.71. The lowest BCUT2D eigenvalue weighted by Gasteiger charge is -2.33. The van der Waals surface area contributed by atoms with Gasteiger partial charge in [-0.1, -0.05) is 39.0 Å². The van der Waals surface area contributed by atoms with Crippen LogP contribution >= 0.6 is 11.3 Å². The number of fused-ring (bicyclic) bond motifs is 1. The molecule has 2 aromatic carbocycles. The molecule has 204 valence electrons. The first-order valence-electron chi connectivity index (χ1n) is 13.8. The molecule has 2 amide bonds. The molecule has 6 nitrogen and oxygen atoms in total. The number of likely N-dealkylation sites (tertiary alicyclic amines) is 1. The van der Waals surface area contributed by atoms with Crippen LogP contribution in [0.15, 0.2) is 59.6 Å². The lowest BCUT2D eigenvalue weighted by Crippen LogP contribution is -2.32. The molecule has 0 spiro atoms. The minimum absolute atomic E-state index is 0.0369. The third-order valence-electron chi connectivity index (χ3n) is 7.76. The van der Waals surface area contributed by atoms with Crippen molar-refractivity contribution < 1.29 is 14.3 Å². The van der Waals surface area contributed by atoms with Crippen molar-refractivity contribution in [3.8, 4) is 5.75 Å². The third-order valence-corrected chi connectivity index (χ3v) is 8.92. The molecular weight excluding hydrogens is 506 g/mol. The van der Waals surface area contributed by atoms with Gasteiger partial charge in [0.1, 0.15) is 10.8 Å². The Hall–Kier alpha value is -3.45. The number of nitrogens with one attached hydrogen (secondary N) is 1. The first-order valence-corrected chi connectivity index (χ1v) is 14.7. The summed E-state index contributed by atoms with van der Waals surface area (Å²) in [6, 6.07) is 17.1. The number of para-hydroxylation sites is 1. The number of anilines is 1. The molecule has 0 saturated carbocycles. The molecule has 5 rings (SSSR count). The van der Waals surface area contributed by atoms with E-state index in [2.05, 4.69) is 26.1 Å². The highest BCUT2D eigenvalue weighted by atomic mass is 32.1. The molecule has 1 aliphatic heterocycles. The number of hydrogen-bond acceptors (Lipinski definition) is 5. The van der Waals surface area contributed by atoms with Gasteiger partial charge in [-0.2, -0.15) is 0 Å². The molecule has 39 heavy (non-hydrogen) atoms. The van der Waals surface area contributed by atoms with E-state index in [9.17, 15) is 9.59 Å². The molecule has 1 saturated heterocycles. The Balaban J connectivity index is 1.33. The van der Waals surface area contributed by atoms with Crippen molar-refractivity contribution >= 4 is 40.1 Å². The molecule has 1 aromatic heterocycles. The van der Waals surface area contributed by atoms with Crippen LogP contribution in [0.4, 0.5) is 10.7 Å². The van der Waals surface area contributed by atoms with Crippen LogP contribution in [0.2, 0.25) is 0 Å². The summed E-state index contributed by atoms with van der Waals surface area (Å²) in [7, 11) is 0. The number of hydrogen-bond donors (Lipinski definition) is 1. The summed E-state index contributed by atoms with van der Waals surface area (Å²) >= 11 is 1.64. The van der Waals surface area contributed by atoms with Crippen molar-refractivity contribution in [2.45, 2.75) is 52.9 Å². The van der Waals surface area contributed by atoms with Gasteiger partial charge in [-0.3, -0.25) is 9.59 Å².